The molecule has 2 aliphatic carbocycles. The van der Waals surface area contributed by atoms with E-state index in [1.54, 1.807) is 0 Å². The normalized spacial score (nSPS) is 28.5. The lowest BCUT2D eigenvalue weighted by Gasteiger charge is -2.42. The highest BCUT2D eigenvalue weighted by atomic mass is 16.4. The summed E-state index contributed by atoms with van der Waals surface area (Å²) in [6.45, 7) is 6.69. The number of hydrogen-bond acceptors (Lipinski definition) is 2. The third-order valence-electron chi connectivity index (χ3n) is 5.49. The Kier molecular flexibility index (Phi) is 4.64. The van der Waals surface area contributed by atoms with Crippen molar-refractivity contribution in [3.8, 4) is 0 Å². The van der Waals surface area contributed by atoms with Crippen LogP contribution in [0, 0.1) is 16.7 Å². The molecule has 0 aromatic heterocycles. The van der Waals surface area contributed by atoms with Gasteiger partial charge in [-0.2, -0.15) is 0 Å². The molecule has 2 atom stereocenters. The Labute approximate surface area is 127 Å². The van der Waals surface area contributed by atoms with Crippen LogP contribution in [0.1, 0.15) is 72.1 Å². The molecule has 2 N–H and O–H groups in total. The number of carboxylic acid groups (broad SMARTS) is 1. The molecule has 0 saturated heterocycles. The predicted octanol–water partition coefficient (Wildman–Crippen LogP) is 3.35. The SMILES string of the molecule is CC(C)(C)C1CCCCC1NC(=O)CC1(C(=O)O)CCC1. The Morgan fingerprint density at radius 3 is 2.24 bits per heavy atom. The molecule has 0 heterocycles. The zero-order valence-corrected chi connectivity index (χ0v) is 13.6. The zero-order valence-electron chi connectivity index (χ0n) is 13.6. The van der Waals surface area contributed by atoms with Gasteiger partial charge >= 0.3 is 5.97 Å². The largest absolute Gasteiger partial charge is 0.481 e. The first-order valence-corrected chi connectivity index (χ1v) is 8.27. The van der Waals surface area contributed by atoms with Gasteiger partial charge in [-0.05, 0) is 37.0 Å². The molecule has 0 aromatic carbocycles. The highest BCUT2D eigenvalue weighted by Crippen LogP contribution is 2.44. The Hall–Kier alpha value is -1.06. The quantitative estimate of drug-likeness (QED) is 0.836. The van der Waals surface area contributed by atoms with Crippen molar-refractivity contribution in [2.75, 3.05) is 0 Å². The van der Waals surface area contributed by atoms with Crippen LogP contribution in [-0.2, 0) is 9.59 Å². The Morgan fingerprint density at radius 2 is 1.76 bits per heavy atom. The molecule has 21 heavy (non-hydrogen) atoms. The first-order valence-electron chi connectivity index (χ1n) is 8.27. The van der Waals surface area contributed by atoms with Crippen molar-refractivity contribution in [3.05, 3.63) is 0 Å². The van der Waals surface area contributed by atoms with Crippen molar-refractivity contribution in [1.82, 2.24) is 5.32 Å². The summed E-state index contributed by atoms with van der Waals surface area (Å²) < 4.78 is 0. The Morgan fingerprint density at radius 1 is 1.14 bits per heavy atom. The molecule has 2 rings (SSSR count). The van der Waals surface area contributed by atoms with Gasteiger partial charge in [0.15, 0.2) is 0 Å². The van der Waals surface area contributed by atoms with E-state index in [2.05, 4.69) is 26.1 Å². The van der Waals surface area contributed by atoms with Gasteiger partial charge < -0.3 is 10.4 Å². The van der Waals surface area contributed by atoms with E-state index in [4.69, 9.17) is 0 Å². The van der Waals surface area contributed by atoms with Gasteiger partial charge in [-0.25, -0.2) is 0 Å². The zero-order chi connectivity index (χ0) is 15.7. The number of carboxylic acids is 1. The molecular weight excluding hydrogens is 266 g/mol. The first-order chi connectivity index (χ1) is 9.74. The number of hydrogen-bond donors (Lipinski definition) is 2. The molecule has 4 nitrogen and oxygen atoms in total. The van der Waals surface area contributed by atoms with E-state index in [0.29, 0.717) is 18.8 Å². The number of amides is 1. The summed E-state index contributed by atoms with van der Waals surface area (Å²) in [5.74, 6) is -0.393. The smallest absolute Gasteiger partial charge is 0.310 e. The molecule has 2 unspecified atom stereocenters. The summed E-state index contributed by atoms with van der Waals surface area (Å²) in [6.07, 6.45) is 6.91. The van der Waals surface area contributed by atoms with Crippen LogP contribution in [0.3, 0.4) is 0 Å². The summed E-state index contributed by atoms with van der Waals surface area (Å²) >= 11 is 0. The number of aliphatic carboxylic acids is 1. The van der Waals surface area contributed by atoms with Crippen LogP contribution >= 0.6 is 0 Å². The summed E-state index contributed by atoms with van der Waals surface area (Å²) in [6, 6.07) is 0.206. The van der Waals surface area contributed by atoms with Crippen molar-refractivity contribution in [2.24, 2.45) is 16.7 Å². The summed E-state index contributed by atoms with van der Waals surface area (Å²) in [5, 5.41) is 12.5. The van der Waals surface area contributed by atoms with Crippen LogP contribution < -0.4 is 5.32 Å². The van der Waals surface area contributed by atoms with Crippen LogP contribution in [0.2, 0.25) is 0 Å². The minimum absolute atomic E-state index is 0.0711. The van der Waals surface area contributed by atoms with Gasteiger partial charge in [-0.1, -0.05) is 40.0 Å². The van der Waals surface area contributed by atoms with Gasteiger partial charge in [0.25, 0.3) is 0 Å². The van der Waals surface area contributed by atoms with E-state index < -0.39 is 11.4 Å². The lowest BCUT2D eigenvalue weighted by molar-refractivity contribution is -0.157. The second-order valence-electron chi connectivity index (χ2n) is 8.05. The van der Waals surface area contributed by atoms with Crippen LogP contribution in [0.4, 0.5) is 0 Å². The monoisotopic (exact) mass is 295 g/mol. The maximum atomic E-state index is 12.3. The van der Waals surface area contributed by atoms with E-state index in [1.165, 1.54) is 6.42 Å². The molecule has 2 aliphatic rings. The molecule has 1 amide bonds. The van der Waals surface area contributed by atoms with Gasteiger partial charge in [0.1, 0.15) is 0 Å². The fourth-order valence-corrected chi connectivity index (χ4v) is 3.98. The highest BCUT2D eigenvalue weighted by molar-refractivity contribution is 5.85. The fraction of sp³-hybridized carbons (Fsp3) is 0.882. The van der Waals surface area contributed by atoms with Crippen LogP contribution in [0.15, 0.2) is 0 Å². The third-order valence-corrected chi connectivity index (χ3v) is 5.49. The summed E-state index contributed by atoms with van der Waals surface area (Å²) in [4.78, 5) is 23.7. The number of carbonyl (C=O) groups is 2. The van der Waals surface area contributed by atoms with Gasteiger partial charge in [0.2, 0.25) is 5.91 Å². The molecule has 2 fully saturated rings. The lowest BCUT2D eigenvalue weighted by Crippen LogP contribution is -2.49. The van der Waals surface area contributed by atoms with Crippen molar-refractivity contribution >= 4 is 11.9 Å². The minimum atomic E-state index is -0.806. The Balaban J connectivity index is 1.96. The lowest BCUT2D eigenvalue weighted by atomic mass is 9.66. The Bertz CT molecular complexity index is 407. The number of rotatable bonds is 4. The van der Waals surface area contributed by atoms with Gasteiger partial charge in [-0.3, -0.25) is 9.59 Å². The van der Waals surface area contributed by atoms with E-state index in [9.17, 15) is 14.7 Å². The van der Waals surface area contributed by atoms with Gasteiger partial charge in [0.05, 0.1) is 5.41 Å². The molecule has 0 radical (unpaired) electrons. The summed E-state index contributed by atoms with van der Waals surface area (Å²) in [7, 11) is 0. The number of nitrogens with one attached hydrogen (secondary N) is 1. The molecule has 4 heteroatoms. The fourth-order valence-electron chi connectivity index (χ4n) is 3.98. The molecular formula is C17H29NO3. The first kappa shape index (κ1) is 16.3. The number of carbonyl (C=O) groups excluding carboxylic acids is 1. The average Bonchev–Trinajstić information content (AvgIpc) is 2.32. The average molecular weight is 295 g/mol. The van der Waals surface area contributed by atoms with Crippen LogP contribution in [-0.4, -0.2) is 23.0 Å². The van der Waals surface area contributed by atoms with Crippen molar-refractivity contribution < 1.29 is 14.7 Å². The van der Waals surface area contributed by atoms with Crippen LogP contribution in [0.25, 0.3) is 0 Å². The molecule has 120 valence electrons. The molecule has 0 spiro atoms. The van der Waals surface area contributed by atoms with E-state index >= 15 is 0 Å². The van der Waals surface area contributed by atoms with Crippen molar-refractivity contribution in [2.45, 2.75) is 78.2 Å². The highest BCUT2D eigenvalue weighted by Gasteiger charge is 2.46. The minimum Gasteiger partial charge on any atom is -0.481 e. The van der Waals surface area contributed by atoms with E-state index in [0.717, 1.165) is 25.7 Å². The standard InChI is InChI=1S/C17H29NO3/c1-16(2,3)12-7-4-5-8-13(12)18-14(19)11-17(15(20)21)9-6-10-17/h12-13H,4-11H2,1-3H3,(H,18,19)(H,20,21). The topological polar surface area (TPSA) is 66.4 Å². The van der Waals surface area contributed by atoms with Crippen molar-refractivity contribution in [1.29, 1.82) is 0 Å². The molecule has 0 aromatic rings. The van der Waals surface area contributed by atoms with Gasteiger partial charge in [-0.15, -0.1) is 0 Å². The second-order valence-corrected chi connectivity index (χ2v) is 8.05. The predicted molar refractivity (Wildman–Crippen MR) is 81.9 cm³/mol. The summed E-state index contributed by atoms with van der Waals surface area (Å²) in [5.41, 5.74) is -0.602. The maximum Gasteiger partial charge on any atom is 0.310 e. The third kappa shape index (κ3) is 3.58. The second kappa shape index (κ2) is 5.98. The van der Waals surface area contributed by atoms with Crippen LogP contribution in [0.5, 0.6) is 0 Å². The molecule has 0 bridgehead atoms. The van der Waals surface area contributed by atoms with Crippen molar-refractivity contribution in [3.63, 3.8) is 0 Å². The molecule has 2 saturated carbocycles. The molecule has 0 aliphatic heterocycles. The van der Waals surface area contributed by atoms with E-state index in [1.807, 2.05) is 0 Å². The van der Waals surface area contributed by atoms with Gasteiger partial charge in [0, 0.05) is 12.5 Å². The maximum absolute atomic E-state index is 12.3. The van der Waals surface area contributed by atoms with E-state index in [-0.39, 0.29) is 23.8 Å².